The number of anilines is 1. The molecule has 0 spiro atoms. The van der Waals surface area contributed by atoms with E-state index in [0.29, 0.717) is 41.1 Å². The number of nitrogens with zero attached hydrogens (tertiary/aromatic N) is 4. The number of aryl methyl sites for hydroxylation is 3. The number of aromatic nitrogens is 4. The van der Waals surface area contributed by atoms with Crippen molar-refractivity contribution in [3.8, 4) is 17.5 Å². The van der Waals surface area contributed by atoms with Crippen molar-refractivity contribution in [2.45, 2.75) is 26.7 Å². The van der Waals surface area contributed by atoms with Gasteiger partial charge in [-0.1, -0.05) is 11.6 Å². The fourth-order valence-electron chi connectivity index (χ4n) is 3.71. The predicted octanol–water partition coefficient (Wildman–Crippen LogP) is 5.01. The van der Waals surface area contributed by atoms with Crippen LogP contribution in [0.5, 0.6) is 17.5 Å². The largest absolute Gasteiger partial charge is 0.479 e. The first kappa shape index (κ1) is 22.5. The number of nitrogens with one attached hydrogen (secondary N) is 1. The predicted molar refractivity (Wildman–Crippen MR) is 127 cm³/mol. The van der Waals surface area contributed by atoms with Gasteiger partial charge in [-0.2, -0.15) is 0 Å². The van der Waals surface area contributed by atoms with Crippen molar-refractivity contribution >= 4 is 34.2 Å². The second kappa shape index (κ2) is 9.46. The monoisotopic (exact) mass is 465 g/mol. The Labute approximate surface area is 196 Å². The van der Waals surface area contributed by atoms with Crippen LogP contribution in [0.15, 0.2) is 42.6 Å². The van der Waals surface area contributed by atoms with E-state index in [1.807, 2.05) is 20.9 Å². The number of methoxy groups -OCH3 is 1. The maximum absolute atomic E-state index is 12.6. The second-order valence-corrected chi connectivity index (χ2v) is 8.06. The highest BCUT2D eigenvalue weighted by Crippen LogP contribution is 2.30. The minimum Gasteiger partial charge on any atom is -0.479 e. The number of fused-ring (bicyclic) bond motifs is 1. The van der Waals surface area contributed by atoms with E-state index in [4.69, 9.17) is 21.1 Å². The van der Waals surface area contributed by atoms with Crippen LogP contribution in [0.4, 0.5) is 5.69 Å². The molecule has 0 atom stereocenters. The molecule has 3 aromatic heterocycles. The van der Waals surface area contributed by atoms with Crippen LogP contribution in [-0.4, -0.2) is 32.8 Å². The molecule has 0 fully saturated rings. The first-order chi connectivity index (χ1) is 15.9. The van der Waals surface area contributed by atoms with Crippen LogP contribution in [0.25, 0.3) is 11.0 Å². The average molecular weight is 466 g/mol. The summed E-state index contributed by atoms with van der Waals surface area (Å²) < 4.78 is 12.8. The summed E-state index contributed by atoms with van der Waals surface area (Å²) in [5, 5.41) is 8.76. The van der Waals surface area contributed by atoms with Gasteiger partial charge in [0.15, 0.2) is 5.65 Å². The molecule has 8 nitrogen and oxygen atoms in total. The smallest absolute Gasteiger partial charge is 0.242 e. The van der Waals surface area contributed by atoms with E-state index in [2.05, 4.69) is 20.4 Å². The normalized spacial score (nSPS) is 10.9. The second-order valence-electron chi connectivity index (χ2n) is 7.62. The average Bonchev–Trinajstić information content (AvgIpc) is 3.12. The van der Waals surface area contributed by atoms with Crippen molar-refractivity contribution < 1.29 is 14.3 Å². The third-order valence-corrected chi connectivity index (χ3v) is 5.63. The molecule has 1 aromatic carbocycles. The van der Waals surface area contributed by atoms with Gasteiger partial charge in [0.2, 0.25) is 17.7 Å². The number of hydrogen-bond donors (Lipinski definition) is 1. The maximum atomic E-state index is 12.6. The summed E-state index contributed by atoms with van der Waals surface area (Å²) >= 11 is 5.88. The van der Waals surface area contributed by atoms with Crippen LogP contribution in [0.3, 0.4) is 0 Å². The highest BCUT2D eigenvalue weighted by molar-refractivity contribution is 6.30. The summed E-state index contributed by atoms with van der Waals surface area (Å²) in [7, 11) is 3.43. The molecule has 4 rings (SSSR count). The molecule has 1 amide bonds. The van der Waals surface area contributed by atoms with Crippen molar-refractivity contribution in [1.29, 1.82) is 0 Å². The van der Waals surface area contributed by atoms with E-state index in [-0.39, 0.29) is 5.91 Å². The molecule has 0 bridgehead atoms. The van der Waals surface area contributed by atoms with Crippen molar-refractivity contribution in [1.82, 2.24) is 19.7 Å². The van der Waals surface area contributed by atoms with Crippen molar-refractivity contribution in [3.05, 3.63) is 64.4 Å². The van der Waals surface area contributed by atoms with Gasteiger partial charge in [-0.05, 0) is 61.7 Å². The molecule has 0 saturated carbocycles. The lowest BCUT2D eigenvalue weighted by molar-refractivity contribution is -0.116. The Hall–Kier alpha value is -3.65. The van der Waals surface area contributed by atoms with Crippen LogP contribution < -0.4 is 14.8 Å². The Balaban J connectivity index is 1.40. The van der Waals surface area contributed by atoms with Gasteiger partial charge in [-0.15, -0.1) is 5.10 Å². The Morgan fingerprint density at radius 1 is 1.15 bits per heavy atom. The fourth-order valence-corrected chi connectivity index (χ4v) is 3.83. The van der Waals surface area contributed by atoms with Crippen LogP contribution >= 0.6 is 11.6 Å². The van der Waals surface area contributed by atoms with Crippen LogP contribution in [0.2, 0.25) is 5.02 Å². The Bertz CT molecular complexity index is 1300. The molecule has 33 heavy (non-hydrogen) atoms. The number of amides is 1. The van der Waals surface area contributed by atoms with Gasteiger partial charge in [-0.25, -0.2) is 14.6 Å². The van der Waals surface area contributed by atoms with Gasteiger partial charge in [0.05, 0.1) is 24.4 Å². The molecule has 0 unspecified atom stereocenters. The Morgan fingerprint density at radius 3 is 2.58 bits per heavy atom. The number of pyridine rings is 2. The number of ether oxygens (including phenoxy) is 2. The number of benzene rings is 1. The lowest BCUT2D eigenvalue weighted by atomic mass is 10.00. The van der Waals surface area contributed by atoms with E-state index >= 15 is 0 Å². The molecule has 0 aliphatic rings. The number of hydrogen-bond acceptors (Lipinski definition) is 6. The maximum Gasteiger partial charge on any atom is 0.242 e. The molecular weight excluding hydrogens is 442 g/mol. The van der Waals surface area contributed by atoms with E-state index in [1.165, 1.54) is 0 Å². The lowest BCUT2D eigenvalue weighted by Gasteiger charge is -2.11. The summed E-state index contributed by atoms with van der Waals surface area (Å²) in [4.78, 5) is 21.5. The molecule has 1 N–H and O–H groups in total. The molecule has 9 heteroatoms. The third kappa shape index (κ3) is 4.90. The van der Waals surface area contributed by atoms with Gasteiger partial charge in [0.1, 0.15) is 5.75 Å². The topological polar surface area (TPSA) is 91.2 Å². The Morgan fingerprint density at radius 2 is 1.91 bits per heavy atom. The Kier molecular flexibility index (Phi) is 6.46. The molecular formula is C24H24ClN5O3. The number of halogens is 1. The highest BCUT2D eigenvalue weighted by Gasteiger charge is 2.18. The summed E-state index contributed by atoms with van der Waals surface area (Å²) in [5.41, 5.74) is 4.29. The number of carbonyl (C=O) groups excluding carboxylic acids is 1. The zero-order chi connectivity index (χ0) is 23.5. The fraction of sp³-hybridized carbons (Fsp3) is 0.250. The zero-order valence-electron chi connectivity index (χ0n) is 18.8. The molecule has 0 aliphatic heterocycles. The van der Waals surface area contributed by atoms with E-state index < -0.39 is 0 Å². The van der Waals surface area contributed by atoms with E-state index in [1.54, 1.807) is 54.4 Å². The highest BCUT2D eigenvalue weighted by atomic mass is 35.5. The quantitative estimate of drug-likeness (QED) is 0.412. The van der Waals surface area contributed by atoms with E-state index in [9.17, 15) is 4.79 Å². The first-order valence-corrected chi connectivity index (χ1v) is 10.8. The van der Waals surface area contributed by atoms with Gasteiger partial charge in [0, 0.05) is 30.3 Å². The molecule has 4 aromatic rings. The van der Waals surface area contributed by atoms with Crippen LogP contribution in [0.1, 0.15) is 23.2 Å². The molecule has 170 valence electrons. The van der Waals surface area contributed by atoms with Gasteiger partial charge >= 0.3 is 0 Å². The van der Waals surface area contributed by atoms with Crippen molar-refractivity contribution in [3.63, 3.8) is 0 Å². The minimum absolute atomic E-state index is 0.111. The van der Waals surface area contributed by atoms with Crippen molar-refractivity contribution in [2.24, 2.45) is 7.05 Å². The van der Waals surface area contributed by atoms with Crippen LogP contribution in [-0.2, 0) is 18.3 Å². The third-order valence-electron chi connectivity index (χ3n) is 5.37. The summed E-state index contributed by atoms with van der Waals surface area (Å²) in [6.45, 7) is 3.96. The molecule has 3 heterocycles. The van der Waals surface area contributed by atoms with Crippen molar-refractivity contribution in [2.75, 3.05) is 12.4 Å². The summed E-state index contributed by atoms with van der Waals surface area (Å²) in [5.74, 6) is 1.48. The van der Waals surface area contributed by atoms with Gasteiger partial charge in [0.25, 0.3) is 0 Å². The lowest BCUT2D eigenvalue weighted by Crippen LogP contribution is -2.13. The minimum atomic E-state index is -0.111. The van der Waals surface area contributed by atoms with Gasteiger partial charge < -0.3 is 14.8 Å². The molecule has 0 saturated heterocycles. The standard InChI is InChI=1S/C24H24ClN5O3/c1-14-19(15(2)27-23-22(14)24(32-4)29-30(23)3)10-11-20(31)28-17-7-12-21(26-13-17)33-18-8-5-16(25)6-9-18/h5-9,12-13H,10-11H2,1-4H3,(H,28,31). The summed E-state index contributed by atoms with van der Waals surface area (Å²) in [6, 6.07) is 10.5. The zero-order valence-corrected chi connectivity index (χ0v) is 19.6. The van der Waals surface area contributed by atoms with Crippen LogP contribution in [0, 0.1) is 13.8 Å². The summed E-state index contributed by atoms with van der Waals surface area (Å²) in [6.07, 6.45) is 2.42. The first-order valence-electron chi connectivity index (χ1n) is 10.4. The molecule has 0 aliphatic carbocycles. The van der Waals surface area contributed by atoms with E-state index in [0.717, 1.165) is 27.9 Å². The number of carbonyl (C=O) groups is 1. The molecule has 0 radical (unpaired) electrons. The van der Waals surface area contributed by atoms with Gasteiger partial charge in [-0.3, -0.25) is 4.79 Å². The SMILES string of the molecule is COc1nn(C)c2nc(C)c(CCC(=O)Nc3ccc(Oc4ccc(Cl)cc4)nc3)c(C)c12. The number of rotatable bonds is 7.